The summed E-state index contributed by atoms with van der Waals surface area (Å²) in [5.74, 6) is 3.05. The average Bonchev–Trinajstić information content (AvgIpc) is 3.27. The Labute approximate surface area is 168 Å². The minimum Gasteiger partial charge on any atom is -0.492 e. The third-order valence-corrected chi connectivity index (χ3v) is 4.19. The quantitative estimate of drug-likeness (QED) is 0.279. The lowest BCUT2D eigenvalue weighted by atomic mass is 10.3. The zero-order valence-electron chi connectivity index (χ0n) is 14.0. The molecule has 8 heteroatoms. The van der Waals surface area contributed by atoms with Gasteiger partial charge in [-0.2, -0.15) is 0 Å². The number of hydrogen-bond acceptors (Lipinski definition) is 5. The van der Waals surface area contributed by atoms with Crippen LogP contribution in [0.4, 0.5) is 0 Å². The number of fused-ring (bicyclic) bond motifs is 1. The molecule has 2 N–H and O–H groups in total. The van der Waals surface area contributed by atoms with E-state index in [1.165, 1.54) is 4.88 Å². The van der Waals surface area contributed by atoms with Crippen molar-refractivity contribution in [3.8, 4) is 17.2 Å². The fourth-order valence-electron chi connectivity index (χ4n) is 2.21. The lowest BCUT2D eigenvalue weighted by molar-refractivity contribution is 0.173. The Balaban J connectivity index is 0.00000225. The summed E-state index contributed by atoms with van der Waals surface area (Å²) in [5.41, 5.74) is 0. The van der Waals surface area contributed by atoms with Crippen molar-refractivity contribution in [2.75, 3.05) is 26.5 Å². The topological polar surface area (TPSA) is 64.1 Å². The first-order valence-corrected chi connectivity index (χ1v) is 8.80. The van der Waals surface area contributed by atoms with Gasteiger partial charge in [0.1, 0.15) is 12.4 Å². The predicted molar refractivity (Wildman–Crippen MR) is 111 cm³/mol. The number of ether oxygens (including phenoxy) is 3. The standard InChI is InChI=1S/C17H21N3O3S.HI/c1-2-18-17(20-11-14-4-3-9-24-14)19-7-8-21-13-5-6-15-16(10-13)23-12-22-15;/h3-6,9-10H,2,7-8,11-12H2,1H3,(H2,18,19,20);1H. The number of thiophene rings is 1. The zero-order valence-corrected chi connectivity index (χ0v) is 17.1. The van der Waals surface area contributed by atoms with Gasteiger partial charge in [0.05, 0.1) is 13.1 Å². The van der Waals surface area contributed by atoms with E-state index in [-0.39, 0.29) is 30.8 Å². The Bertz CT molecular complexity index is 680. The Morgan fingerprint density at radius 2 is 2.12 bits per heavy atom. The second kappa shape index (κ2) is 10.3. The van der Waals surface area contributed by atoms with Crippen LogP contribution < -0.4 is 24.8 Å². The summed E-state index contributed by atoms with van der Waals surface area (Å²) in [4.78, 5) is 5.80. The van der Waals surface area contributed by atoms with Crippen LogP contribution in [-0.4, -0.2) is 32.4 Å². The molecule has 2 heterocycles. The van der Waals surface area contributed by atoms with E-state index in [0.717, 1.165) is 29.8 Å². The maximum Gasteiger partial charge on any atom is 0.231 e. The normalized spacial score (nSPS) is 12.4. The molecule has 0 saturated heterocycles. The zero-order chi connectivity index (χ0) is 16.6. The number of guanidine groups is 1. The highest BCUT2D eigenvalue weighted by atomic mass is 127. The fourth-order valence-corrected chi connectivity index (χ4v) is 2.83. The molecule has 0 bridgehead atoms. The highest BCUT2D eigenvalue weighted by Gasteiger charge is 2.13. The van der Waals surface area contributed by atoms with Crippen LogP contribution in [0.2, 0.25) is 0 Å². The SMILES string of the molecule is CCNC(=NCc1cccs1)NCCOc1ccc2c(c1)OCO2.I. The molecule has 1 aromatic heterocycles. The van der Waals surface area contributed by atoms with Crippen molar-refractivity contribution in [1.29, 1.82) is 0 Å². The second-order valence-corrected chi connectivity index (χ2v) is 6.10. The molecule has 2 aromatic rings. The third-order valence-electron chi connectivity index (χ3n) is 3.32. The monoisotopic (exact) mass is 475 g/mol. The van der Waals surface area contributed by atoms with Crippen molar-refractivity contribution < 1.29 is 14.2 Å². The summed E-state index contributed by atoms with van der Waals surface area (Å²) in [6.45, 7) is 5.00. The summed E-state index contributed by atoms with van der Waals surface area (Å²) in [6.07, 6.45) is 0. The van der Waals surface area contributed by atoms with Crippen LogP contribution in [0.15, 0.2) is 40.7 Å². The Morgan fingerprint density at radius 1 is 1.24 bits per heavy atom. The van der Waals surface area contributed by atoms with Gasteiger partial charge in [0.25, 0.3) is 0 Å². The van der Waals surface area contributed by atoms with Gasteiger partial charge in [0.2, 0.25) is 6.79 Å². The molecule has 0 aliphatic carbocycles. The molecule has 0 spiro atoms. The lowest BCUT2D eigenvalue weighted by Gasteiger charge is -2.12. The molecular formula is C17H22IN3O3S. The van der Waals surface area contributed by atoms with Crippen molar-refractivity contribution in [2.24, 2.45) is 4.99 Å². The first-order valence-electron chi connectivity index (χ1n) is 7.92. The smallest absolute Gasteiger partial charge is 0.231 e. The van der Waals surface area contributed by atoms with Crippen molar-refractivity contribution in [2.45, 2.75) is 13.5 Å². The number of halogens is 1. The molecule has 136 valence electrons. The molecule has 25 heavy (non-hydrogen) atoms. The number of rotatable bonds is 7. The van der Waals surface area contributed by atoms with Crippen molar-refractivity contribution in [1.82, 2.24) is 10.6 Å². The van der Waals surface area contributed by atoms with Crippen LogP contribution in [0.25, 0.3) is 0 Å². The Kier molecular flexibility index (Phi) is 8.13. The van der Waals surface area contributed by atoms with Gasteiger partial charge in [-0.25, -0.2) is 4.99 Å². The van der Waals surface area contributed by atoms with E-state index in [2.05, 4.69) is 27.1 Å². The molecule has 1 aliphatic heterocycles. The number of benzene rings is 1. The van der Waals surface area contributed by atoms with E-state index < -0.39 is 0 Å². The number of hydrogen-bond donors (Lipinski definition) is 2. The largest absolute Gasteiger partial charge is 0.492 e. The van der Waals surface area contributed by atoms with Crippen molar-refractivity contribution in [3.63, 3.8) is 0 Å². The van der Waals surface area contributed by atoms with E-state index in [1.54, 1.807) is 11.3 Å². The van der Waals surface area contributed by atoms with Gasteiger partial charge in [-0.05, 0) is 30.5 Å². The maximum absolute atomic E-state index is 5.73. The third kappa shape index (κ3) is 5.96. The molecule has 6 nitrogen and oxygen atoms in total. The first kappa shape index (κ1) is 19.6. The minimum absolute atomic E-state index is 0. The molecule has 0 saturated carbocycles. The van der Waals surface area contributed by atoms with Crippen LogP contribution in [0.1, 0.15) is 11.8 Å². The summed E-state index contributed by atoms with van der Waals surface area (Å²) < 4.78 is 16.4. The number of nitrogens with one attached hydrogen (secondary N) is 2. The van der Waals surface area contributed by atoms with Crippen LogP contribution in [0.3, 0.4) is 0 Å². The van der Waals surface area contributed by atoms with E-state index in [0.29, 0.717) is 19.7 Å². The molecule has 1 aliphatic rings. The van der Waals surface area contributed by atoms with Gasteiger partial charge in [-0.3, -0.25) is 0 Å². The van der Waals surface area contributed by atoms with Gasteiger partial charge in [-0.1, -0.05) is 6.07 Å². The summed E-state index contributed by atoms with van der Waals surface area (Å²) >= 11 is 1.71. The van der Waals surface area contributed by atoms with E-state index >= 15 is 0 Å². The highest BCUT2D eigenvalue weighted by molar-refractivity contribution is 14.0. The van der Waals surface area contributed by atoms with Gasteiger partial charge in [-0.15, -0.1) is 35.3 Å². The molecule has 0 amide bonds. The minimum atomic E-state index is 0. The first-order chi connectivity index (χ1) is 11.8. The summed E-state index contributed by atoms with van der Waals surface area (Å²) in [5, 5.41) is 8.56. The van der Waals surface area contributed by atoms with Crippen LogP contribution in [0, 0.1) is 0 Å². The lowest BCUT2D eigenvalue weighted by Crippen LogP contribution is -2.39. The Hall–Kier alpha value is -1.68. The maximum atomic E-state index is 5.73. The molecule has 0 fully saturated rings. The molecular weight excluding hydrogens is 453 g/mol. The van der Waals surface area contributed by atoms with E-state index in [1.807, 2.05) is 31.2 Å². The average molecular weight is 475 g/mol. The predicted octanol–water partition coefficient (Wildman–Crippen LogP) is 3.23. The number of aliphatic imine (C=N–C) groups is 1. The molecule has 1 aromatic carbocycles. The van der Waals surface area contributed by atoms with Crippen molar-refractivity contribution >= 4 is 41.3 Å². The highest BCUT2D eigenvalue weighted by Crippen LogP contribution is 2.34. The summed E-state index contributed by atoms with van der Waals surface area (Å²) in [6, 6.07) is 9.70. The van der Waals surface area contributed by atoms with E-state index in [9.17, 15) is 0 Å². The van der Waals surface area contributed by atoms with Crippen LogP contribution >= 0.6 is 35.3 Å². The van der Waals surface area contributed by atoms with Crippen LogP contribution in [0.5, 0.6) is 17.2 Å². The molecule has 0 radical (unpaired) electrons. The summed E-state index contributed by atoms with van der Waals surface area (Å²) in [7, 11) is 0. The fraction of sp³-hybridized carbons (Fsp3) is 0.353. The van der Waals surface area contributed by atoms with Crippen molar-refractivity contribution in [3.05, 3.63) is 40.6 Å². The van der Waals surface area contributed by atoms with Gasteiger partial charge >= 0.3 is 0 Å². The van der Waals surface area contributed by atoms with Gasteiger partial charge < -0.3 is 24.8 Å². The van der Waals surface area contributed by atoms with Gasteiger partial charge in [0, 0.05) is 17.5 Å². The molecule has 0 atom stereocenters. The second-order valence-electron chi connectivity index (χ2n) is 5.06. The van der Waals surface area contributed by atoms with Gasteiger partial charge in [0.15, 0.2) is 17.5 Å². The molecule has 0 unspecified atom stereocenters. The Morgan fingerprint density at radius 3 is 2.92 bits per heavy atom. The van der Waals surface area contributed by atoms with E-state index in [4.69, 9.17) is 14.2 Å². The number of nitrogens with zero attached hydrogens (tertiary/aromatic N) is 1. The molecule has 3 rings (SSSR count). The van der Waals surface area contributed by atoms with Crippen LogP contribution in [-0.2, 0) is 6.54 Å².